The van der Waals surface area contributed by atoms with Crippen molar-refractivity contribution in [2.45, 2.75) is 11.0 Å². The van der Waals surface area contributed by atoms with Crippen LogP contribution in [0.25, 0.3) is 0 Å². The molecule has 1 aromatic carbocycles. The van der Waals surface area contributed by atoms with E-state index in [-0.39, 0.29) is 6.10 Å². The van der Waals surface area contributed by atoms with Gasteiger partial charge in [0.2, 0.25) is 0 Å². The van der Waals surface area contributed by atoms with Gasteiger partial charge in [0, 0.05) is 23.7 Å². The molecule has 1 atom stereocenters. The van der Waals surface area contributed by atoms with Crippen LogP contribution in [0.15, 0.2) is 23.1 Å². The van der Waals surface area contributed by atoms with Gasteiger partial charge in [-0.1, -0.05) is 6.07 Å². The average Bonchev–Trinajstić information content (AvgIpc) is 2.31. The molecule has 1 aliphatic rings. The minimum Gasteiger partial charge on any atom is -0.398 e. The molecule has 2 rings (SSSR count). The molecule has 0 aliphatic carbocycles. The second-order valence-corrected chi connectivity index (χ2v) is 4.41. The third-order valence-corrected chi connectivity index (χ3v) is 3.35. The Hall–Kier alpha value is -0.710. The number of rotatable bonds is 2. The minimum absolute atomic E-state index is 0.172. The van der Waals surface area contributed by atoms with Crippen molar-refractivity contribution >= 4 is 17.4 Å². The summed E-state index contributed by atoms with van der Waals surface area (Å²) in [5.74, 6) is 0. The summed E-state index contributed by atoms with van der Waals surface area (Å²) in [6, 6.07) is 6.13. The lowest BCUT2D eigenvalue weighted by Gasteiger charge is -2.24. The van der Waals surface area contributed by atoms with Crippen molar-refractivity contribution in [1.82, 2.24) is 5.32 Å². The highest BCUT2D eigenvalue weighted by Gasteiger charge is 2.16. The van der Waals surface area contributed by atoms with Crippen LogP contribution in [-0.4, -0.2) is 26.0 Å². The number of hydrogen-bond acceptors (Lipinski definition) is 4. The van der Waals surface area contributed by atoms with Crippen LogP contribution in [0.5, 0.6) is 0 Å². The highest BCUT2D eigenvalue weighted by atomic mass is 32.2. The fourth-order valence-corrected chi connectivity index (χ4v) is 2.27. The van der Waals surface area contributed by atoms with E-state index in [1.807, 2.05) is 18.4 Å². The maximum Gasteiger partial charge on any atom is 0.0950 e. The fourth-order valence-electron chi connectivity index (χ4n) is 1.71. The van der Waals surface area contributed by atoms with Crippen LogP contribution >= 0.6 is 11.8 Å². The Labute approximate surface area is 94.4 Å². The Morgan fingerprint density at radius 2 is 2.40 bits per heavy atom. The van der Waals surface area contributed by atoms with Gasteiger partial charge in [0.15, 0.2) is 0 Å². The SMILES string of the molecule is CSc1cc(C2CNCCO2)ccc1N. The van der Waals surface area contributed by atoms with E-state index in [0.717, 1.165) is 30.3 Å². The summed E-state index contributed by atoms with van der Waals surface area (Å²) >= 11 is 1.67. The zero-order valence-electron chi connectivity index (χ0n) is 8.82. The molecule has 1 fully saturated rings. The van der Waals surface area contributed by atoms with E-state index in [2.05, 4.69) is 11.4 Å². The molecule has 1 aliphatic heterocycles. The number of ether oxygens (including phenoxy) is 1. The molecule has 1 saturated heterocycles. The van der Waals surface area contributed by atoms with E-state index in [0.29, 0.717) is 0 Å². The van der Waals surface area contributed by atoms with Crippen LogP contribution < -0.4 is 11.1 Å². The molecule has 0 aromatic heterocycles. The van der Waals surface area contributed by atoms with Gasteiger partial charge < -0.3 is 15.8 Å². The first-order chi connectivity index (χ1) is 7.31. The first-order valence-electron chi connectivity index (χ1n) is 5.07. The van der Waals surface area contributed by atoms with Gasteiger partial charge in [-0.25, -0.2) is 0 Å². The Morgan fingerprint density at radius 1 is 1.53 bits per heavy atom. The largest absolute Gasteiger partial charge is 0.398 e. The summed E-state index contributed by atoms with van der Waals surface area (Å²) in [6.45, 7) is 2.61. The monoisotopic (exact) mass is 224 g/mol. The highest BCUT2D eigenvalue weighted by Crippen LogP contribution is 2.28. The van der Waals surface area contributed by atoms with Crippen LogP contribution in [-0.2, 0) is 4.74 Å². The molecule has 0 bridgehead atoms. The van der Waals surface area contributed by atoms with Gasteiger partial charge in [-0.05, 0) is 24.0 Å². The van der Waals surface area contributed by atoms with Crippen LogP contribution in [0.1, 0.15) is 11.7 Å². The first-order valence-corrected chi connectivity index (χ1v) is 6.29. The van der Waals surface area contributed by atoms with Crippen LogP contribution in [0.4, 0.5) is 5.69 Å². The van der Waals surface area contributed by atoms with Crippen molar-refractivity contribution in [2.75, 3.05) is 31.7 Å². The van der Waals surface area contributed by atoms with Gasteiger partial charge in [0.25, 0.3) is 0 Å². The van der Waals surface area contributed by atoms with Crippen molar-refractivity contribution in [1.29, 1.82) is 0 Å². The number of nitrogens with one attached hydrogen (secondary N) is 1. The van der Waals surface area contributed by atoms with E-state index in [4.69, 9.17) is 10.5 Å². The molecule has 15 heavy (non-hydrogen) atoms. The van der Waals surface area contributed by atoms with Gasteiger partial charge in [-0.3, -0.25) is 0 Å². The molecule has 3 nitrogen and oxygen atoms in total. The molecular weight excluding hydrogens is 208 g/mol. The summed E-state index contributed by atoms with van der Waals surface area (Å²) in [5, 5.41) is 3.32. The normalized spacial score (nSPS) is 21.5. The van der Waals surface area contributed by atoms with Crippen molar-refractivity contribution in [3.05, 3.63) is 23.8 Å². The number of hydrogen-bond donors (Lipinski definition) is 2. The summed E-state index contributed by atoms with van der Waals surface area (Å²) in [6.07, 6.45) is 2.21. The fraction of sp³-hybridized carbons (Fsp3) is 0.455. The second kappa shape index (κ2) is 4.88. The topological polar surface area (TPSA) is 47.3 Å². The number of anilines is 1. The van der Waals surface area contributed by atoms with E-state index in [9.17, 15) is 0 Å². The maximum absolute atomic E-state index is 5.85. The number of thioether (sulfide) groups is 1. The number of morpholine rings is 1. The Balaban J connectivity index is 2.20. The Morgan fingerprint density at radius 3 is 3.07 bits per heavy atom. The summed E-state index contributed by atoms with van der Waals surface area (Å²) in [4.78, 5) is 1.13. The Kier molecular flexibility index (Phi) is 3.51. The van der Waals surface area contributed by atoms with Crippen molar-refractivity contribution < 1.29 is 4.74 Å². The zero-order chi connectivity index (χ0) is 10.7. The lowest BCUT2D eigenvalue weighted by molar-refractivity contribution is 0.0276. The smallest absolute Gasteiger partial charge is 0.0950 e. The number of nitrogen functional groups attached to an aromatic ring is 1. The molecule has 82 valence electrons. The summed E-state index contributed by atoms with van der Waals surface area (Å²) in [7, 11) is 0. The van der Waals surface area contributed by atoms with Gasteiger partial charge in [0.05, 0.1) is 12.7 Å². The summed E-state index contributed by atoms with van der Waals surface area (Å²) in [5.41, 5.74) is 7.90. The first kappa shape index (κ1) is 10.8. The Bertz CT molecular complexity index is 337. The molecular formula is C11H16N2OS. The lowest BCUT2D eigenvalue weighted by Crippen LogP contribution is -2.33. The molecule has 0 spiro atoms. The predicted molar refractivity (Wildman–Crippen MR) is 64.2 cm³/mol. The molecule has 0 amide bonds. The number of nitrogens with two attached hydrogens (primary N) is 1. The van der Waals surface area contributed by atoms with Gasteiger partial charge in [-0.2, -0.15) is 0 Å². The quantitative estimate of drug-likeness (QED) is 0.592. The highest BCUT2D eigenvalue weighted by molar-refractivity contribution is 7.98. The second-order valence-electron chi connectivity index (χ2n) is 3.56. The van der Waals surface area contributed by atoms with E-state index in [1.165, 1.54) is 5.56 Å². The summed E-state index contributed by atoms with van der Waals surface area (Å²) < 4.78 is 5.69. The van der Waals surface area contributed by atoms with E-state index < -0.39 is 0 Å². The molecule has 0 saturated carbocycles. The van der Waals surface area contributed by atoms with Crippen LogP contribution in [0.2, 0.25) is 0 Å². The van der Waals surface area contributed by atoms with Gasteiger partial charge in [0.1, 0.15) is 0 Å². The van der Waals surface area contributed by atoms with Crippen molar-refractivity contribution in [2.24, 2.45) is 0 Å². The van der Waals surface area contributed by atoms with Crippen LogP contribution in [0, 0.1) is 0 Å². The molecule has 3 N–H and O–H groups in total. The third kappa shape index (κ3) is 2.45. The molecule has 1 unspecified atom stereocenters. The molecule has 0 radical (unpaired) electrons. The zero-order valence-corrected chi connectivity index (χ0v) is 9.64. The molecule has 1 aromatic rings. The predicted octanol–water partition coefficient (Wildman–Crippen LogP) is 1.65. The van der Waals surface area contributed by atoms with Crippen molar-refractivity contribution in [3.63, 3.8) is 0 Å². The molecule has 1 heterocycles. The maximum atomic E-state index is 5.85. The van der Waals surface area contributed by atoms with E-state index in [1.54, 1.807) is 11.8 Å². The lowest BCUT2D eigenvalue weighted by atomic mass is 10.1. The van der Waals surface area contributed by atoms with Crippen LogP contribution in [0.3, 0.4) is 0 Å². The van der Waals surface area contributed by atoms with Crippen molar-refractivity contribution in [3.8, 4) is 0 Å². The molecule has 4 heteroatoms. The number of benzene rings is 1. The minimum atomic E-state index is 0.172. The third-order valence-electron chi connectivity index (χ3n) is 2.56. The average molecular weight is 224 g/mol. The van der Waals surface area contributed by atoms with Gasteiger partial charge in [-0.15, -0.1) is 11.8 Å². The van der Waals surface area contributed by atoms with Gasteiger partial charge >= 0.3 is 0 Å². The van der Waals surface area contributed by atoms with E-state index >= 15 is 0 Å². The standard InChI is InChI=1S/C11H16N2OS/c1-15-11-6-8(2-3-9(11)12)10-7-13-4-5-14-10/h2-3,6,10,13H,4-5,7,12H2,1H3.